The topological polar surface area (TPSA) is 111 Å². The van der Waals surface area contributed by atoms with Crippen LogP contribution in [0.3, 0.4) is 0 Å². The second-order valence-electron chi connectivity index (χ2n) is 7.90. The largest absolute Gasteiger partial charge is 0.490 e. The smallest absolute Gasteiger partial charge is 0.226 e. The van der Waals surface area contributed by atoms with Gasteiger partial charge in [-0.15, -0.1) is 0 Å². The summed E-state index contributed by atoms with van der Waals surface area (Å²) in [5, 5.41) is 17.3. The Labute approximate surface area is 219 Å². The molecule has 0 bridgehead atoms. The standard InChI is InChI=1S/C24H39N3O6S2/c1-19(2)26-8-10-30-12-11-29-9-7-23(28)27-21-5-4-6-22(15-21)33-17-24(35-18-25)32-14-13-31-16-20(3)34/h4-6,15,19-20,24,26,34H,7-14,16-17H2,1-3H3,(H,27,28). The highest BCUT2D eigenvalue weighted by atomic mass is 32.2. The molecule has 9 nitrogen and oxygen atoms in total. The number of benzene rings is 1. The number of anilines is 1. The lowest BCUT2D eigenvalue weighted by Crippen LogP contribution is -2.27. The molecular weight excluding hydrogens is 490 g/mol. The number of amides is 1. The van der Waals surface area contributed by atoms with Crippen LogP contribution in [-0.2, 0) is 23.7 Å². The van der Waals surface area contributed by atoms with Crippen molar-refractivity contribution in [2.24, 2.45) is 0 Å². The predicted molar refractivity (Wildman–Crippen MR) is 142 cm³/mol. The van der Waals surface area contributed by atoms with E-state index in [-0.39, 0.29) is 24.2 Å². The number of carbonyl (C=O) groups excluding carboxylic acids is 1. The number of nitrogens with one attached hydrogen (secondary N) is 2. The van der Waals surface area contributed by atoms with Crippen LogP contribution < -0.4 is 15.4 Å². The molecule has 0 aromatic heterocycles. The van der Waals surface area contributed by atoms with Crippen molar-refractivity contribution in [3.63, 3.8) is 0 Å². The second kappa shape index (κ2) is 20.7. The van der Waals surface area contributed by atoms with Crippen molar-refractivity contribution in [1.82, 2.24) is 5.32 Å². The Bertz CT molecular complexity index is 733. The quantitative estimate of drug-likeness (QED) is 0.0956. The van der Waals surface area contributed by atoms with Crippen LogP contribution in [0.15, 0.2) is 24.3 Å². The average molecular weight is 530 g/mol. The van der Waals surface area contributed by atoms with Crippen molar-refractivity contribution in [3.8, 4) is 11.2 Å². The van der Waals surface area contributed by atoms with Crippen molar-refractivity contribution < 1.29 is 28.5 Å². The van der Waals surface area contributed by atoms with Crippen LogP contribution in [0.2, 0.25) is 0 Å². The maximum atomic E-state index is 12.2. The van der Waals surface area contributed by atoms with E-state index in [1.54, 1.807) is 24.3 Å². The van der Waals surface area contributed by atoms with E-state index >= 15 is 0 Å². The summed E-state index contributed by atoms with van der Waals surface area (Å²) in [6.45, 7) is 10.3. The number of nitriles is 1. The van der Waals surface area contributed by atoms with Gasteiger partial charge in [0.2, 0.25) is 5.91 Å². The average Bonchev–Trinajstić information content (AvgIpc) is 2.81. The minimum Gasteiger partial charge on any atom is -0.490 e. The van der Waals surface area contributed by atoms with Gasteiger partial charge >= 0.3 is 0 Å². The molecule has 0 fully saturated rings. The molecule has 1 amide bonds. The summed E-state index contributed by atoms with van der Waals surface area (Å²) in [7, 11) is 0. The maximum Gasteiger partial charge on any atom is 0.226 e. The zero-order valence-corrected chi connectivity index (χ0v) is 22.6. The lowest BCUT2D eigenvalue weighted by molar-refractivity contribution is -0.117. The molecule has 2 unspecified atom stereocenters. The van der Waals surface area contributed by atoms with Crippen LogP contribution in [0.5, 0.6) is 5.75 Å². The summed E-state index contributed by atoms with van der Waals surface area (Å²) in [5.41, 5.74) is 0.163. The minimum atomic E-state index is -0.456. The lowest BCUT2D eigenvalue weighted by atomic mass is 10.3. The molecule has 2 atom stereocenters. The summed E-state index contributed by atoms with van der Waals surface area (Å²) in [5.74, 6) is 0.413. The molecule has 1 aromatic rings. The first-order valence-corrected chi connectivity index (χ1v) is 13.1. The molecule has 0 aliphatic rings. The fourth-order valence-electron chi connectivity index (χ4n) is 2.63. The molecule has 0 saturated heterocycles. The number of hydrogen-bond donors (Lipinski definition) is 3. The maximum absolute atomic E-state index is 12.2. The van der Waals surface area contributed by atoms with E-state index in [1.807, 2.05) is 12.3 Å². The number of carbonyl (C=O) groups is 1. The third kappa shape index (κ3) is 18.4. The molecule has 0 aliphatic heterocycles. The van der Waals surface area contributed by atoms with Crippen LogP contribution in [0, 0.1) is 10.7 Å². The van der Waals surface area contributed by atoms with E-state index in [1.165, 1.54) is 0 Å². The van der Waals surface area contributed by atoms with Crippen molar-refractivity contribution in [2.75, 3.05) is 64.7 Å². The Kier molecular flexibility index (Phi) is 18.6. The van der Waals surface area contributed by atoms with Gasteiger partial charge in [-0.1, -0.05) is 26.8 Å². The van der Waals surface area contributed by atoms with Crippen molar-refractivity contribution in [3.05, 3.63) is 24.3 Å². The number of thiocyanates is 1. The van der Waals surface area contributed by atoms with Gasteiger partial charge in [0.05, 0.1) is 52.7 Å². The Morgan fingerprint density at radius 3 is 2.51 bits per heavy atom. The number of hydrogen-bond acceptors (Lipinski definition) is 10. The fourth-order valence-corrected chi connectivity index (χ4v) is 3.15. The zero-order valence-electron chi connectivity index (χ0n) is 20.9. The number of ether oxygens (including phenoxy) is 5. The van der Waals surface area contributed by atoms with E-state index in [9.17, 15) is 4.79 Å². The van der Waals surface area contributed by atoms with E-state index < -0.39 is 5.44 Å². The normalized spacial score (nSPS) is 12.8. The Hall–Kier alpha value is -1.52. The molecule has 1 aromatic carbocycles. The van der Waals surface area contributed by atoms with E-state index in [0.29, 0.717) is 63.7 Å². The molecule has 0 radical (unpaired) electrons. The van der Waals surface area contributed by atoms with Crippen molar-refractivity contribution >= 4 is 36.0 Å². The van der Waals surface area contributed by atoms with E-state index in [4.69, 9.17) is 28.9 Å². The van der Waals surface area contributed by atoms with Crippen LogP contribution in [0.25, 0.3) is 0 Å². The molecule has 0 saturated carbocycles. The van der Waals surface area contributed by atoms with Gasteiger partial charge in [0, 0.05) is 29.6 Å². The zero-order chi connectivity index (χ0) is 25.7. The van der Waals surface area contributed by atoms with Crippen LogP contribution in [0.4, 0.5) is 5.69 Å². The van der Waals surface area contributed by atoms with Gasteiger partial charge in [0.15, 0.2) is 5.44 Å². The Balaban J connectivity index is 2.25. The lowest BCUT2D eigenvalue weighted by Gasteiger charge is -2.16. The molecule has 0 spiro atoms. The highest BCUT2D eigenvalue weighted by Gasteiger charge is 2.12. The van der Waals surface area contributed by atoms with E-state index in [2.05, 4.69) is 37.1 Å². The molecule has 11 heteroatoms. The molecule has 198 valence electrons. The van der Waals surface area contributed by atoms with Crippen LogP contribution >= 0.6 is 24.4 Å². The van der Waals surface area contributed by atoms with Crippen LogP contribution in [0.1, 0.15) is 27.2 Å². The number of nitrogens with zero attached hydrogens (tertiary/aromatic N) is 1. The van der Waals surface area contributed by atoms with Gasteiger partial charge in [-0.25, -0.2) is 0 Å². The summed E-state index contributed by atoms with van der Waals surface area (Å²) >= 11 is 5.23. The SMILES string of the molecule is CC(S)COCCOC(COc1cccc(NC(=O)CCOCCOCCNC(C)C)c1)SC#N. The predicted octanol–water partition coefficient (Wildman–Crippen LogP) is 3.32. The van der Waals surface area contributed by atoms with Gasteiger partial charge < -0.3 is 34.3 Å². The first kappa shape index (κ1) is 31.5. The van der Waals surface area contributed by atoms with Crippen molar-refractivity contribution in [2.45, 2.75) is 43.9 Å². The molecule has 1 rings (SSSR count). The molecule has 0 heterocycles. The van der Waals surface area contributed by atoms with Gasteiger partial charge in [-0.3, -0.25) is 4.79 Å². The summed E-state index contributed by atoms with van der Waals surface area (Å²) < 4.78 is 27.7. The summed E-state index contributed by atoms with van der Waals surface area (Å²) in [4.78, 5) is 12.2. The number of thiol groups is 1. The molecule has 35 heavy (non-hydrogen) atoms. The minimum absolute atomic E-state index is 0.152. The molecular formula is C24H39N3O6S2. The molecule has 2 N–H and O–H groups in total. The Morgan fingerprint density at radius 2 is 1.80 bits per heavy atom. The highest BCUT2D eigenvalue weighted by molar-refractivity contribution is 8.04. The van der Waals surface area contributed by atoms with Gasteiger partial charge in [-0.05, 0) is 23.9 Å². The van der Waals surface area contributed by atoms with E-state index in [0.717, 1.165) is 18.3 Å². The van der Waals surface area contributed by atoms with Gasteiger partial charge in [-0.2, -0.15) is 17.9 Å². The summed E-state index contributed by atoms with van der Waals surface area (Å²) in [6.07, 6.45) is 0.239. The fraction of sp³-hybridized carbons (Fsp3) is 0.667. The number of rotatable bonds is 21. The van der Waals surface area contributed by atoms with Crippen molar-refractivity contribution in [1.29, 1.82) is 5.26 Å². The van der Waals surface area contributed by atoms with Gasteiger partial charge in [0.1, 0.15) is 17.8 Å². The first-order chi connectivity index (χ1) is 16.9. The van der Waals surface area contributed by atoms with Crippen LogP contribution in [-0.4, -0.2) is 82.0 Å². The first-order valence-electron chi connectivity index (χ1n) is 11.7. The highest BCUT2D eigenvalue weighted by Crippen LogP contribution is 2.20. The summed E-state index contributed by atoms with van der Waals surface area (Å²) in [6, 6.07) is 7.51. The monoisotopic (exact) mass is 529 g/mol. The second-order valence-corrected chi connectivity index (χ2v) is 9.73. The number of thioether (sulfide) groups is 1. The Morgan fingerprint density at radius 1 is 1.06 bits per heavy atom. The third-order valence-corrected chi connectivity index (χ3v) is 5.01. The van der Waals surface area contributed by atoms with Gasteiger partial charge in [0.25, 0.3) is 0 Å². The molecule has 0 aliphatic carbocycles. The third-order valence-electron chi connectivity index (χ3n) is 4.22.